The summed E-state index contributed by atoms with van der Waals surface area (Å²) in [5.74, 6) is -0.240. The Labute approximate surface area is 122 Å². The molecule has 0 radical (unpaired) electrons. The maximum atomic E-state index is 12.6. The zero-order valence-electron chi connectivity index (χ0n) is 8.46. The van der Waals surface area contributed by atoms with E-state index in [-0.39, 0.29) is 42.0 Å². The lowest BCUT2D eigenvalue weighted by molar-refractivity contribution is -0.138. The molecule has 0 aliphatic heterocycles. The van der Waals surface area contributed by atoms with Crippen molar-refractivity contribution in [3.8, 4) is 0 Å². The van der Waals surface area contributed by atoms with Gasteiger partial charge in [0.05, 0.1) is 12.1 Å². The van der Waals surface area contributed by atoms with Crippen molar-refractivity contribution in [2.24, 2.45) is 16.5 Å². The number of rotatable bonds is 2. The van der Waals surface area contributed by atoms with E-state index in [0.717, 1.165) is 6.07 Å². The van der Waals surface area contributed by atoms with Crippen molar-refractivity contribution in [3.05, 3.63) is 33.8 Å². The van der Waals surface area contributed by atoms with Crippen LogP contribution in [-0.2, 0) is 12.7 Å². The lowest BCUT2D eigenvalue weighted by Crippen LogP contribution is -2.23. The minimum atomic E-state index is -4.42. The first-order valence-corrected chi connectivity index (χ1v) is 5.01. The van der Waals surface area contributed by atoms with E-state index < -0.39 is 11.7 Å². The van der Waals surface area contributed by atoms with Gasteiger partial charge in [0.2, 0.25) is 0 Å². The summed E-state index contributed by atoms with van der Waals surface area (Å²) < 4.78 is 38.2. The molecule has 0 atom stereocenters. The summed E-state index contributed by atoms with van der Waals surface area (Å²) in [4.78, 5) is 3.56. The Morgan fingerprint density at radius 3 is 2.35 bits per heavy atom. The maximum Gasteiger partial charge on any atom is 0.416 e. The smallest absolute Gasteiger partial charge is 0.370 e. The van der Waals surface area contributed by atoms with E-state index in [4.69, 9.17) is 11.5 Å². The molecule has 0 fully saturated rings. The van der Waals surface area contributed by atoms with Gasteiger partial charge in [-0.05, 0) is 17.7 Å². The monoisotopic (exact) mass is 423 g/mol. The van der Waals surface area contributed by atoms with E-state index in [2.05, 4.69) is 20.9 Å². The van der Waals surface area contributed by atoms with Gasteiger partial charge in [0.1, 0.15) is 0 Å². The van der Waals surface area contributed by atoms with E-state index in [1.54, 1.807) is 0 Å². The molecule has 0 amide bonds. The van der Waals surface area contributed by atoms with Crippen LogP contribution in [0.1, 0.15) is 11.1 Å². The fraction of sp³-hybridized carbons (Fsp3) is 0.222. The zero-order valence-corrected chi connectivity index (χ0v) is 12.4. The second kappa shape index (κ2) is 6.43. The van der Waals surface area contributed by atoms with E-state index in [0.29, 0.717) is 4.47 Å². The van der Waals surface area contributed by atoms with E-state index in [1.165, 1.54) is 12.1 Å². The van der Waals surface area contributed by atoms with Crippen LogP contribution in [-0.4, -0.2) is 5.96 Å². The van der Waals surface area contributed by atoms with Gasteiger partial charge in [-0.25, -0.2) is 4.99 Å². The molecule has 0 saturated heterocycles. The second-order valence-corrected chi connectivity index (χ2v) is 3.96. The molecule has 0 unspecified atom stereocenters. The Morgan fingerprint density at radius 2 is 1.88 bits per heavy atom. The maximum absolute atomic E-state index is 12.6. The number of halogens is 5. The number of alkyl halides is 3. The van der Waals surface area contributed by atoms with Crippen LogP contribution in [0.15, 0.2) is 27.7 Å². The Bertz CT molecular complexity index is 416. The van der Waals surface area contributed by atoms with Crippen molar-refractivity contribution in [2.45, 2.75) is 12.7 Å². The number of nitrogens with two attached hydrogens (primary N) is 2. The molecule has 96 valence electrons. The van der Waals surface area contributed by atoms with Crippen molar-refractivity contribution in [3.63, 3.8) is 0 Å². The standard InChI is InChI=1S/C9H9BrF3N3.HI/c10-6-2-1-5(4-16-8(14)15)7(3-6)9(11,12)13;/h1-3H,4H2,(H4,14,15,16);1H. The van der Waals surface area contributed by atoms with Gasteiger partial charge in [0.25, 0.3) is 0 Å². The van der Waals surface area contributed by atoms with Gasteiger partial charge in [-0.3, -0.25) is 0 Å². The molecule has 4 N–H and O–H groups in total. The number of hydrogen-bond acceptors (Lipinski definition) is 1. The van der Waals surface area contributed by atoms with Crippen LogP contribution in [0.5, 0.6) is 0 Å². The first kappa shape index (κ1) is 16.5. The first-order valence-electron chi connectivity index (χ1n) is 4.21. The van der Waals surface area contributed by atoms with E-state index in [9.17, 15) is 13.2 Å². The molecule has 0 bridgehead atoms. The molecule has 3 nitrogen and oxygen atoms in total. The quantitative estimate of drug-likeness (QED) is 0.436. The van der Waals surface area contributed by atoms with Crippen LogP contribution in [0, 0.1) is 0 Å². The predicted molar refractivity (Wildman–Crippen MR) is 74.1 cm³/mol. The highest BCUT2D eigenvalue weighted by Crippen LogP contribution is 2.34. The van der Waals surface area contributed by atoms with Crippen LogP contribution in [0.3, 0.4) is 0 Å². The molecule has 1 aromatic carbocycles. The van der Waals surface area contributed by atoms with Crippen molar-refractivity contribution >= 4 is 45.9 Å². The minimum Gasteiger partial charge on any atom is -0.370 e. The highest BCUT2D eigenvalue weighted by Gasteiger charge is 2.33. The molecule has 0 saturated carbocycles. The predicted octanol–water partition coefficient (Wildman–Crippen LogP) is 2.86. The third-order valence-corrected chi connectivity index (χ3v) is 2.30. The molecule has 1 rings (SSSR count). The van der Waals surface area contributed by atoms with E-state index in [1.807, 2.05) is 0 Å². The van der Waals surface area contributed by atoms with Crippen molar-refractivity contribution in [2.75, 3.05) is 0 Å². The van der Waals surface area contributed by atoms with Gasteiger partial charge >= 0.3 is 6.18 Å². The number of hydrogen-bond donors (Lipinski definition) is 2. The first-order chi connectivity index (χ1) is 7.30. The molecular formula is C9H10BrF3IN3. The van der Waals surface area contributed by atoms with Gasteiger partial charge in [0.15, 0.2) is 5.96 Å². The molecule has 8 heteroatoms. The Morgan fingerprint density at radius 1 is 1.29 bits per heavy atom. The molecule has 0 aromatic heterocycles. The Kier molecular flexibility index (Phi) is 6.24. The second-order valence-electron chi connectivity index (χ2n) is 3.04. The average Bonchev–Trinajstić information content (AvgIpc) is 2.14. The van der Waals surface area contributed by atoms with Crippen molar-refractivity contribution < 1.29 is 13.2 Å². The van der Waals surface area contributed by atoms with Gasteiger partial charge in [0, 0.05) is 4.47 Å². The number of nitrogens with zero attached hydrogens (tertiary/aromatic N) is 1. The normalized spacial score (nSPS) is 10.6. The summed E-state index contributed by atoms with van der Waals surface area (Å²) in [5, 5.41) is 0. The van der Waals surface area contributed by atoms with Crippen LogP contribution in [0.2, 0.25) is 0 Å². The molecule has 17 heavy (non-hydrogen) atoms. The largest absolute Gasteiger partial charge is 0.416 e. The molecule has 0 heterocycles. The summed E-state index contributed by atoms with van der Waals surface area (Å²) >= 11 is 2.98. The minimum absolute atomic E-state index is 0. The van der Waals surface area contributed by atoms with Crippen LogP contribution in [0.4, 0.5) is 13.2 Å². The number of benzene rings is 1. The molecular weight excluding hydrogens is 414 g/mol. The zero-order chi connectivity index (χ0) is 12.3. The van der Waals surface area contributed by atoms with Gasteiger partial charge in [-0.2, -0.15) is 13.2 Å². The van der Waals surface area contributed by atoms with Gasteiger partial charge < -0.3 is 11.5 Å². The van der Waals surface area contributed by atoms with Crippen LogP contribution in [0.25, 0.3) is 0 Å². The topological polar surface area (TPSA) is 64.4 Å². The number of guanidine groups is 1. The lowest BCUT2D eigenvalue weighted by Gasteiger charge is -2.11. The summed E-state index contributed by atoms with van der Waals surface area (Å²) in [5.41, 5.74) is 9.42. The third kappa shape index (κ3) is 5.11. The van der Waals surface area contributed by atoms with Gasteiger partial charge in [-0.1, -0.05) is 22.0 Å². The molecule has 0 aliphatic carbocycles. The summed E-state index contributed by atoms with van der Waals surface area (Å²) in [6.07, 6.45) is -4.42. The molecule has 1 aromatic rings. The SMILES string of the molecule is I.NC(N)=NCc1ccc(Br)cc1C(F)(F)F. The lowest BCUT2D eigenvalue weighted by atomic mass is 10.1. The fourth-order valence-electron chi connectivity index (χ4n) is 1.13. The third-order valence-electron chi connectivity index (χ3n) is 1.81. The fourth-order valence-corrected chi connectivity index (χ4v) is 1.49. The summed E-state index contributed by atoms with van der Waals surface area (Å²) in [7, 11) is 0. The van der Waals surface area contributed by atoms with Crippen LogP contribution >= 0.6 is 39.9 Å². The van der Waals surface area contributed by atoms with Crippen molar-refractivity contribution in [1.82, 2.24) is 0 Å². The summed E-state index contributed by atoms with van der Waals surface area (Å²) in [6.45, 7) is -0.190. The highest BCUT2D eigenvalue weighted by atomic mass is 127. The Hall–Kier alpha value is -0.510. The number of aliphatic imine (C=N–C) groups is 1. The average molecular weight is 424 g/mol. The molecule has 0 aliphatic rings. The Balaban J connectivity index is 0.00000256. The molecule has 0 spiro atoms. The van der Waals surface area contributed by atoms with Gasteiger partial charge in [-0.15, -0.1) is 24.0 Å². The van der Waals surface area contributed by atoms with Crippen molar-refractivity contribution in [1.29, 1.82) is 0 Å². The van der Waals surface area contributed by atoms with E-state index >= 15 is 0 Å². The summed E-state index contributed by atoms with van der Waals surface area (Å²) in [6, 6.07) is 3.84. The highest BCUT2D eigenvalue weighted by molar-refractivity contribution is 14.0. The van der Waals surface area contributed by atoms with Crippen LogP contribution < -0.4 is 11.5 Å².